The second-order valence-electron chi connectivity index (χ2n) is 13.4. The molecule has 6 aromatic rings. The van der Waals surface area contributed by atoms with Gasteiger partial charge in [0.05, 0.1) is 40.9 Å². The third-order valence-electron chi connectivity index (χ3n) is 8.84. The Labute approximate surface area is 414 Å². The number of hydrogen-bond acceptors (Lipinski definition) is 12. The highest BCUT2D eigenvalue weighted by molar-refractivity contribution is 6.41. The summed E-state index contributed by atoms with van der Waals surface area (Å²) in [7, 11) is 3.10. The van der Waals surface area contributed by atoms with Crippen LogP contribution in [-0.4, -0.2) is 54.9 Å². The molecule has 15 nitrogen and oxygen atoms in total. The highest BCUT2D eigenvalue weighted by Gasteiger charge is 2.20. The first-order valence-electron chi connectivity index (χ1n) is 19.3. The van der Waals surface area contributed by atoms with Crippen molar-refractivity contribution in [2.24, 2.45) is 5.90 Å². The van der Waals surface area contributed by atoms with E-state index < -0.39 is 23.7 Å². The van der Waals surface area contributed by atoms with E-state index in [9.17, 15) is 28.0 Å². The average Bonchev–Trinajstić information content (AvgIpc) is 3.31. The van der Waals surface area contributed by atoms with Crippen LogP contribution in [0.5, 0.6) is 34.5 Å². The van der Waals surface area contributed by atoms with E-state index in [4.69, 9.17) is 75.8 Å². The topological polar surface area (TPSA) is 217 Å². The minimum atomic E-state index is -1.25. The maximum absolute atomic E-state index is 13.2. The van der Waals surface area contributed by atoms with Crippen LogP contribution in [0.4, 0.5) is 20.2 Å². The lowest BCUT2D eigenvalue weighted by Crippen LogP contribution is -2.33. The Hall–Kier alpha value is -6.41. The number of esters is 1. The fourth-order valence-corrected chi connectivity index (χ4v) is 7.00. The van der Waals surface area contributed by atoms with Crippen molar-refractivity contribution < 1.29 is 62.1 Å². The van der Waals surface area contributed by atoms with E-state index in [-0.39, 0.29) is 73.6 Å². The van der Waals surface area contributed by atoms with Crippen LogP contribution in [0, 0.1) is 11.6 Å². The van der Waals surface area contributed by atoms with Gasteiger partial charge in [0.2, 0.25) is 0 Å². The normalized spacial score (nSPS) is 10.1. The van der Waals surface area contributed by atoms with Gasteiger partial charge in [-0.3, -0.25) is 19.6 Å². The van der Waals surface area contributed by atoms with E-state index >= 15 is 0 Å². The zero-order valence-electron chi connectivity index (χ0n) is 35.8. The molecule has 7 N–H and O–H groups in total. The molecule has 0 aromatic heterocycles. The summed E-state index contributed by atoms with van der Waals surface area (Å²) in [5.41, 5.74) is 4.94. The van der Waals surface area contributed by atoms with Crippen LogP contribution in [0.2, 0.25) is 20.1 Å². The van der Waals surface area contributed by atoms with E-state index in [1.807, 2.05) is 0 Å². The third-order valence-corrected chi connectivity index (χ3v) is 9.96. The summed E-state index contributed by atoms with van der Waals surface area (Å²) in [5.74, 6) is 0.991. The number of carbonyl (C=O) groups is 4. The number of hydrogen-bond donors (Lipinski definition) is 6. The molecule has 22 heteroatoms. The number of nitrogens with two attached hydrogens (primary N) is 1. The van der Waals surface area contributed by atoms with E-state index in [1.54, 1.807) is 81.8 Å². The Morgan fingerprint density at radius 3 is 1.28 bits per heavy atom. The van der Waals surface area contributed by atoms with Gasteiger partial charge in [-0.15, -0.1) is 12.4 Å². The Kier molecular flexibility index (Phi) is 22.5. The van der Waals surface area contributed by atoms with Gasteiger partial charge in [-0.05, 0) is 103 Å². The smallest absolute Gasteiger partial charge is 0.397 e. The molecule has 0 spiro atoms. The Morgan fingerprint density at radius 1 is 0.574 bits per heavy atom. The maximum Gasteiger partial charge on any atom is 0.397 e. The van der Waals surface area contributed by atoms with Gasteiger partial charge in [-0.1, -0.05) is 70.7 Å². The van der Waals surface area contributed by atoms with E-state index in [2.05, 4.69) is 21.3 Å². The highest BCUT2D eigenvalue weighted by atomic mass is 35.5. The number of nitrogens with one attached hydrogen (secondary N) is 3. The number of carbonyl (C=O) groups excluding carboxylic acids is 4. The van der Waals surface area contributed by atoms with Crippen molar-refractivity contribution in [3.63, 3.8) is 0 Å². The minimum absolute atomic E-state index is 0. The predicted molar refractivity (Wildman–Crippen MR) is 255 cm³/mol. The van der Waals surface area contributed by atoms with Gasteiger partial charge in [-0.2, -0.15) is 0 Å². The van der Waals surface area contributed by atoms with Gasteiger partial charge in [0, 0.05) is 35.3 Å². The number of anilines is 2. The lowest BCUT2D eigenvalue weighted by Gasteiger charge is -2.14. The van der Waals surface area contributed by atoms with Crippen molar-refractivity contribution in [2.45, 2.75) is 19.8 Å². The van der Waals surface area contributed by atoms with Crippen LogP contribution in [0.25, 0.3) is 0 Å². The molecule has 0 radical (unpaired) electrons. The monoisotopic (exact) mass is 1040 g/mol. The summed E-state index contributed by atoms with van der Waals surface area (Å²) < 4.78 is 53.6. The van der Waals surface area contributed by atoms with Crippen LogP contribution in [0.1, 0.15) is 29.2 Å². The van der Waals surface area contributed by atoms with Gasteiger partial charge >= 0.3 is 23.7 Å². The molecule has 0 aliphatic heterocycles. The zero-order valence-corrected chi connectivity index (χ0v) is 39.7. The lowest BCUT2D eigenvalue weighted by atomic mass is 10.0. The van der Waals surface area contributed by atoms with Crippen molar-refractivity contribution in [3.8, 4) is 34.5 Å². The molecule has 0 fully saturated rings. The first kappa shape index (κ1) is 55.9. The molecule has 0 heterocycles. The van der Waals surface area contributed by atoms with Crippen molar-refractivity contribution in [2.75, 3.05) is 31.5 Å². The fraction of sp³-hybridized carbons (Fsp3) is 0.130. The van der Waals surface area contributed by atoms with Crippen LogP contribution in [-0.2, 0) is 36.8 Å². The SMILES string of the molecule is CCOC(=O)C(=O)Nc1cc(Cl)c(Oc2ccc(OC)c(Cc3ccc(F)cc3)c2)c(Cl)c1.COc1ccc(Oc2c(Cl)cc(NC(=O)C(=O)NO)cc2Cl)cc1Cc1ccc(F)cc1.Cl.NO. The summed E-state index contributed by atoms with van der Waals surface area (Å²) in [4.78, 5) is 46.0. The Bertz CT molecular complexity index is 2660. The summed E-state index contributed by atoms with van der Waals surface area (Å²) in [5, 5.41) is 20.0. The third kappa shape index (κ3) is 16.1. The van der Waals surface area contributed by atoms with Gasteiger partial charge in [0.15, 0.2) is 11.5 Å². The largest absolute Gasteiger partial charge is 0.496 e. The van der Waals surface area contributed by atoms with Crippen LogP contribution < -0.4 is 41.0 Å². The molecular formula is C46H41Cl5F2N4O11. The Morgan fingerprint density at radius 2 is 0.941 bits per heavy atom. The van der Waals surface area contributed by atoms with Crippen LogP contribution >= 0.6 is 58.8 Å². The van der Waals surface area contributed by atoms with Gasteiger partial charge in [0.1, 0.15) is 34.6 Å². The number of benzene rings is 6. The minimum Gasteiger partial charge on any atom is -0.496 e. The highest BCUT2D eigenvalue weighted by Crippen LogP contribution is 2.41. The number of ether oxygens (including phenoxy) is 5. The lowest BCUT2D eigenvalue weighted by molar-refractivity contribution is -0.152. The molecule has 6 rings (SSSR count). The van der Waals surface area contributed by atoms with Crippen molar-refractivity contribution >= 4 is 93.9 Å². The number of rotatable bonds is 13. The first-order valence-corrected chi connectivity index (χ1v) is 20.8. The molecule has 3 amide bonds. The van der Waals surface area contributed by atoms with E-state index in [0.29, 0.717) is 35.8 Å². The molecule has 360 valence electrons. The summed E-state index contributed by atoms with van der Waals surface area (Å²) in [6, 6.07) is 28.1. The molecule has 0 unspecified atom stereocenters. The Balaban J connectivity index is 0.000000343. The van der Waals surface area contributed by atoms with Crippen LogP contribution in [0.3, 0.4) is 0 Å². The van der Waals surface area contributed by atoms with Gasteiger partial charge < -0.3 is 39.5 Å². The molecule has 0 saturated carbocycles. The molecule has 6 aromatic carbocycles. The first-order chi connectivity index (χ1) is 32.1. The predicted octanol–water partition coefficient (Wildman–Crippen LogP) is 10.7. The molecule has 0 atom stereocenters. The molecule has 0 aliphatic rings. The maximum atomic E-state index is 13.2. The number of methoxy groups -OCH3 is 2. The van der Waals surface area contributed by atoms with Crippen LogP contribution in [0.15, 0.2) is 109 Å². The zero-order chi connectivity index (χ0) is 49.2. The molecule has 68 heavy (non-hydrogen) atoms. The van der Waals surface area contributed by atoms with Crippen molar-refractivity contribution in [3.05, 3.63) is 163 Å². The molecule has 0 bridgehead atoms. The quantitative estimate of drug-likeness (QED) is 0.0276. The second-order valence-corrected chi connectivity index (χ2v) is 15.0. The van der Waals surface area contributed by atoms with E-state index in [1.165, 1.54) is 54.0 Å². The van der Waals surface area contributed by atoms with Gasteiger partial charge in [-0.25, -0.2) is 25.0 Å². The number of halogens is 7. The molecule has 0 aliphatic carbocycles. The summed E-state index contributed by atoms with van der Waals surface area (Å²) >= 11 is 25.1. The number of amides is 3. The molecular weight excluding hydrogens is 1000 g/mol. The fourth-order valence-electron chi connectivity index (χ4n) is 5.87. The average molecular weight is 1040 g/mol. The van der Waals surface area contributed by atoms with Crippen molar-refractivity contribution in [1.29, 1.82) is 0 Å². The molecule has 0 saturated heterocycles. The summed E-state index contributed by atoms with van der Waals surface area (Å²) in [6.45, 7) is 1.67. The summed E-state index contributed by atoms with van der Waals surface area (Å²) in [6.07, 6.45) is 0.959. The van der Waals surface area contributed by atoms with Crippen molar-refractivity contribution in [1.82, 2.24) is 5.48 Å². The van der Waals surface area contributed by atoms with Gasteiger partial charge in [0.25, 0.3) is 0 Å². The number of hydroxylamine groups is 1. The second kappa shape index (κ2) is 27.4. The standard InChI is InChI=1S/C24H20Cl2FNO5.C22H17Cl2FN2O5.ClH.H3NO/c1-3-32-24(30)23(29)28-17-12-19(25)22(20(26)13-17)33-18-8-9-21(31-2)15(11-18)10-14-4-6-16(27)7-5-14;1-31-19-7-6-16(9-13(19)8-12-2-4-14(25)5-3-12)32-20-17(23)10-15(11-18(20)24)26-21(28)22(29)27-30;;1-2/h4-9,11-13H,3,10H2,1-2H3,(H,28,29);2-7,9-11,30H,8H2,1H3,(H,26,28)(H,27,29);1H;2H,1H2. The van der Waals surface area contributed by atoms with E-state index in [0.717, 1.165) is 22.3 Å².